The number of hydrogen-bond donors (Lipinski definition) is 3. The van der Waals surface area contributed by atoms with Crippen molar-refractivity contribution in [3.63, 3.8) is 0 Å². The van der Waals surface area contributed by atoms with Crippen LogP contribution in [0, 0.1) is 11.2 Å². The lowest BCUT2D eigenvalue weighted by Gasteiger charge is -2.18. The van der Waals surface area contributed by atoms with Crippen LogP contribution in [0.1, 0.15) is 32.3 Å². The molecule has 0 unspecified atom stereocenters. The Bertz CT molecular complexity index is 902. The van der Waals surface area contributed by atoms with Crippen LogP contribution in [-0.4, -0.2) is 38.3 Å². The molecule has 7 nitrogen and oxygen atoms in total. The first kappa shape index (κ1) is 24.1. The lowest BCUT2D eigenvalue weighted by molar-refractivity contribution is -0.119. The van der Waals surface area contributed by atoms with E-state index in [-0.39, 0.29) is 30.2 Å². The first-order chi connectivity index (χ1) is 14.8. The minimum atomic E-state index is -0.380. The van der Waals surface area contributed by atoms with Crippen LogP contribution in [0.3, 0.4) is 0 Å². The number of methoxy groups -OCH3 is 1. The molecule has 0 saturated carbocycles. The molecular formula is C23H30FN3O4. The smallest absolute Gasteiger partial charge is 0.226 e. The molecular weight excluding hydrogens is 401 g/mol. The van der Waals surface area contributed by atoms with Crippen molar-refractivity contribution in [3.8, 4) is 22.6 Å². The van der Waals surface area contributed by atoms with Gasteiger partial charge in [0, 0.05) is 43.8 Å². The molecule has 0 radical (unpaired) electrons. The van der Waals surface area contributed by atoms with Crippen LogP contribution in [0.2, 0.25) is 0 Å². The Kier molecular flexibility index (Phi) is 9.27. The van der Waals surface area contributed by atoms with Crippen LogP contribution in [0.25, 0.3) is 11.1 Å². The summed E-state index contributed by atoms with van der Waals surface area (Å²) < 4.78 is 30.8. The molecule has 0 atom stereocenters. The average molecular weight is 432 g/mol. The van der Waals surface area contributed by atoms with Crippen molar-refractivity contribution in [1.29, 1.82) is 5.41 Å². The van der Waals surface area contributed by atoms with Gasteiger partial charge < -0.3 is 19.9 Å². The molecule has 0 fully saturated rings. The summed E-state index contributed by atoms with van der Waals surface area (Å²) in [7, 11) is 1.63. The van der Waals surface area contributed by atoms with E-state index in [0.29, 0.717) is 37.6 Å². The zero-order valence-corrected chi connectivity index (χ0v) is 18.2. The average Bonchev–Trinajstić information content (AvgIpc) is 2.69. The molecule has 0 aliphatic heterocycles. The van der Waals surface area contributed by atoms with E-state index in [4.69, 9.17) is 25.4 Å². The molecule has 0 aromatic heterocycles. The highest BCUT2D eigenvalue weighted by Crippen LogP contribution is 2.38. The number of aryl methyl sites for hydroxylation is 1. The third-order valence-electron chi connectivity index (χ3n) is 4.31. The van der Waals surface area contributed by atoms with E-state index < -0.39 is 0 Å². The van der Waals surface area contributed by atoms with E-state index in [1.54, 1.807) is 13.2 Å². The van der Waals surface area contributed by atoms with Gasteiger partial charge >= 0.3 is 0 Å². The lowest BCUT2D eigenvalue weighted by atomic mass is 9.99. The van der Waals surface area contributed by atoms with Gasteiger partial charge in [-0.25, -0.2) is 4.39 Å². The molecule has 0 aliphatic carbocycles. The van der Waals surface area contributed by atoms with Crippen LogP contribution in [0.15, 0.2) is 36.4 Å². The van der Waals surface area contributed by atoms with E-state index >= 15 is 0 Å². The summed E-state index contributed by atoms with van der Waals surface area (Å²) in [5.74, 6) is -0.0389. The van der Waals surface area contributed by atoms with E-state index in [0.717, 1.165) is 16.7 Å². The van der Waals surface area contributed by atoms with Crippen LogP contribution < -0.4 is 20.5 Å². The van der Waals surface area contributed by atoms with Crippen LogP contribution in [0.4, 0.5) is 4.39 Å². The first-order valence-electron chi connectivity index (χ1n) is 10.1. The van der Waals surface area contributed by atoms with Crippen molar-refractivity contribution in [1.82, 2.24) is 5.32 Å². The second kappa shape index (κ2) is 11.9. The maximum absolute atomic E-state index is 13.8. The molecule has 31 heavy (non-hydrogen) atoms. The Hall–Kier alpha value is -3.13. The number of guanidine groups is 1. The Morgan fingerprint density at radius 1 is 1.13 bits per heavy atom. The Labute approximate surface area is 182 Å². The van der Waals surface area contributed by atoms with E-state index in [1.807, 2.05) is 32.0 Å². The first-order valence-corrected chi connectivity index (χ1v) is 10.1. The molecule has 4 N–H and O–H groups in total. The fraction of sp³-hybridized carbons (Fsp3) is 0.391. The fourth-order valence-electron chi connectivity index (χ4n) is 2.99. The number of halogens is 1. The Balaban J connectivity index is 2.33. The summed E-state index contributed by atoms with van der Waals surface area (Å²) in [6.45, 7) is 4.77. The second-order valence-corrected chi connectivity index (χ2v) is 7.29. The van der Waals surface area contributed by atoms with Gasteiger partial charge in [0.1, 0.15) is 17.3 Å². The number of benzene rings is 2. The molecule has 2 aromatic carbocycles. The summed E-state index contributed by atoms with van der Waals surface area (Å²) in [4.78, 5) is 11.8. The number of nitrogens with one attached hydrogen (secondary N) is 2. The fourth-order valence-corrected chi connectivity index (χ4v) is 2.99. The van der Waals surface area contributed by atoms with Crippen molar-refractivity contribution in [3.05, 3.63) is 47.8 Å². The summed E-state index contributed by atoms with van der Waals surface area (Å²) in [5.41, 5.74) is 7.57. The Morgan fingerprint density at radius 2 is 1.84 bits per heavy atom. The third-order valence-corrected chi connectivity index (χ3v) is 4.31. The number of ether oxygens (including phenoxy) is 3. The van der Waals surface area contributed by atoms with E-state index in [2.05, 4.69) is 5.32 Å². The van der Waals surface area contributed by atoms with Gasteiger partial charge in [-0.15, -0.1) is 0 Å². The number of hydrogen-bond acceptors (Lipinski definition) is 5. The summed E-state index contributed by atoms with van der Waals surface area (Å²) in [6.07, 6.45) is 1.22. The highest BCUT2D eigenvalue weighted by molar-refractivity contribution is 5.94. The van der Waals surface area contributed by atoms with E-state index in [9.17, 15) is 9.18 Å². The van der Waals surface area contributed by atoms with Crippen LogP contribution in [-0.2, 0) is 16.0 Å². The number of carbonyl (C=O) groups is 1. The molecule has 0 saturated heterocycles. The van der Waals surface area contributed by atoms with Gasteiger partial charge in [0.05, 0.1) is 12.7 Å². The van der Waals surface area contributed by atoms with Crippen molar-refractivity contribution in [2.75, 3.05) is 20.3 Å². The SMILES string of the molecule is COCCCOc1cc(CCC(=O)NC(=N)N)ccc1-c1ccc(F)cc1OC(C)C. The molecule has 168 valence electrons. The predicted molar refractivity (Wildman–Crippen MR) is 118 cm³/mol. The zero-order valence-electron chi connectivity index (χ0n) is 18.2. The highest BCUT2D eigenvalue weighted by Gasteiger charge is 2.15. The standard InChI is InChI=1S/C23H30FN3O4/c1-15(2)31-21-14-17(24)7-9-19(21)18-8-5-16(6-10-22(28)27-23(25)26)13-20(18)30-12-4-11-29-3/h5,7-9,13-15H,4,6,10-12H2,1-3H3,(H4,25,26,27,28). The molecule has 8 heteroatoms. The molecule has 2 rings (SSSR count). The van der Waals surface area contributed by atoms with Gasteiger partial charge in [-0.1, -0.05) is 12.1 Å². The number of amides is 1. The largest absolute Gasteiger partial charge is 0.493 e. The maximum Gasteiger partial charge on any atom is 0.226 e. The molecule has 0 aliphatic rings. The van der Waals surface area contributed by atoms with Crippen molar-refractivity contribution >= 4 is 11.9 Å². The van der Waals surface area contributed by atoms with Gasteiger partial charge in [0.25, 0.3) is 0 Å². The van der Waals surface area contributed by atoms with Crippen LogP contribution in [0.5, 0.6) is 11.5 Å². The van der Waals surface area contributed by atoms with Crippen LogP contribution >= 0.6 is 0 Å². The molecule has 0 heterocycles. The monoisotopic (exact) mass is 431 g/mol. The third kappa shape index (κ3) is 7.90. The number of rotatable bonds is 11. The predicted octanol–water partition coefficient (Wildman–Crippen LogP) is 3.64. The number of carbonyl (C=O) groups excluding carboxylic acids is 1. The van der Waals surface area contributed by atoms with E-state index in [1.165, 1.54) is 12.1 Å². The molecule has 0 bridgehead atoms. The topological polar surface area (TPSA) is 107 Å². The lowest BCUT2D eigenvalue weighted by Crippen LogP contribution is -2.35. The zero-order chi connectivity index (χ0) is 22.8. The highest BCUT2D eigenvalue weighted by atomic mass is 19.1. The number of nitrogens with two attached hydrogens (primary N) is 1. The van der Waals surface area contributed by atoms with Crippen molar-refractivity contribution in [2.24, 2.45) is 5.73 Å². The Morgan fingerprint density at radius 3 is 2.52 bits per heavy atom. The van der Waals surface area contributed by atoms with Crippen molar-refractivity contribution < 1.29 is 23.4 Å². The van der Waals surface area contributed by atoms with Gasteiger partial charge in [0.2, 0.25) is 5.91 Å². The second-order valence-electron chi connectivity index (χ2n) is 7.29. The molecule has 2 aromatic rings. The minimum absolute atomic E-state index is 0.120. The molecule has 0 spiro atoms. The summed E-state index contributed by atoms with van der Waals surface area (Å²) in [5, 5.41) is 9.41. The summed E-state index contributed by atoms with van der Waals surface area (Å²) in [6, 6.07) is 10.1. The quantitative estimate of drug-likeness (QED) is 0.286. The van der Waals surface area contributed by atoms with Gasteiger partial charge in [-0.05, 0) is 44.0 Å². The van der Waals surface area contributed by atoms with Crippen molar-refractivity contribution in [2.45, 2.75) is 39.2 Å². The van der Waals surface area contributed by atoms with Gasteiger partial charge in [-0.2, -0.15) is 0 Å². The maximum atomic E-state index is 13.8. The normalized spacial score (nSPS) is 10.7. The van der Waals surface area contributed by atoms with Gasteiger partial charge in [-0.3, -0.25) is 15.5 Å². The molecule has 1 amide bonds. The van der Waals surface area contributed by atoms with Gasteiger partial charge in [0.15, 0.2) is 5.96 Å². The minimum Gasteiger partial charge on any atom is -0.493 e. The summed E-state index contributed by atoms with van der Waals surface area (Å²) >= 11 is 0.